The van der Waals surface area contributed by atoms with Gasteiger partial charge in [0.2, 0.25) is 29.4 Å². The first-order chi connectivity index (χ1) is 36.1. The van der Waals surface area contributed by atoms with Crippen molar-refractivity contribution < 1.29 is 66.8 Å². The molecule has 0 saturated carbocycles. The number of esters is 2. The molecule has 5 atom stereocenters. The molecular formula is C56H72N6O14. The Kier molecular flexibility index (Phi) is 21.5. The molecule has 2 aliphatic heterocycles. The van der Waals surface area contributed by atoms with Crippen LogP contribution in [0.4, 0.5) is 0 Å². The Labute approximate surface area is 444 Å². The molecule has 0 aromatic heterocycles. The molecule has 2 aliphatic rings. The second-order valence-electron chi connectivity index (χ2n) is 19.7. The molecular weight excluding hydrogens is 981 g/mol. The van der Waals surface area contributed by atoms with Gasteiger partial charge in [0.1, 0.15) is 42.6 Å². The minimum Gasteiger partial charge on any atom is -0.493 e. The largest absolute Gasteiger partial charge is 0.493 e. The number of fused-ring (bicyclic) bond motifs is 3. The van der Waals surface area contributed by atoms with Crippen LogP contribution in [0.15, 0.2) is 84.9 Å². The quantitative estimate of drug-likeness (QED) is 0.253. The lowest BCUT2D eigenvalue weighted by molar-refractivity contribution is -0.165. The lowest BCUT2D eigenvalue weighted by Gasteiger charge is -2.36. The maximum absolute atomic E-state index is 14.3. The number of ketones is 1. The molecule has 0 unspecified atom stereocenters. The number of ether oxygens (including phenoxy) is 5. The Morgan fingerprint density at radius 3 is 2.16 bits per heavy atom. The van der Waals surface area contributed by atoms with Gasteiger partial charge in [-0.05, 0) is 107 Å². The van der Waals surface area contributed by atoms with E-state index in [1.54, 1.807) is 54.6 Å². The second-order valence-corrected chi connectivity index (χ2v) is 19.7. The van der Waals surface area contributed by atoms with Gasteiger partial charge < -0.3 is 53.9 Å². The van der Waals surface area contributed by atoms with Crippen LogP contribution in [0.2, 0.25) is 0 Å². The summed E-state index contributed by atoms with van der Waals surface area (Å²) in [5.41, 5.74) is 0.596. The van der Waals surface area contributed by atoms with Crippen molar-refractivity contribution in [3.8, 4) is 17.2 Å². The predicted octanol–water partition coefficient (Wildman–Crippen LogP) is 3.78. The Balaban J connectivity index is 1.41. The number of Topliss-reactive ketones (excluding diaryl/α,β-unsaturated/α-hetero) is 1. The van der Waals surface area contributed by atoms with E-state index in [4.69, 9.17) is 23.7 Å². The van der Waals surface area contributed by atoms with Crippen molar-refractivity contribution in [1.82, 2.24) is 30.2 Å². The van der Waals surface area contributed by atoms with Crippen molar-refractivity contribution in [2.24, 2.45) is 5.41 Å². The monoisotopic (exact) mass is 1050 g/mol. The SMILES string of the molecule is COc1ccc(CC[C@H]2OC(=O)[C@@H]3CCCCN3C(=O)C(=O)C(C)(C)COC(=O)C=CCCN(C)C(=O)[C@H](C)NC(=O)[C@H](Cc3ccccc3)N(C)C(=O)[C@@H](C)NC(=O)CN(C)C(=O)COc3cccc2c3)cc1OC. The fourth-order valence-electron chi connectivity index (χ4n) is 8.73. The molecule has 0 aliphatic carbocycles. The van der Waals surface area contributed by atoms with Crippen LogP contribution >= 0.6 is 0 Å². The highest BCUT2D eigenvalue weighted by Crippen LogP contribution is 2.33. The number of benzene rings is 3. The molecule has 2 bridgehead atoms. The maximum atomic E-state index is 14.3. The van der Waals surface area contributed by atoms with E-state index in [-0.39, 0.29) is 44.5 Å². The molecule has 0 spiro atoms. The summed E-state index contributed by atoms with van der Waals surface area (Å²) in [6.45, 7) is 4.78. The smallest absolute Gasteiger partial charge is 0.330 e. The molecule has 3 aromatic rings. The fraction of sp³-hybridized carbons (Fsp3) is 0.482. The average molecular weight is 1050 g/mol. The standard InChI is InChI=1S/C56H72N6O14/c1-36-52(68)59(5)28-15-14-23-49(65)75-35-56(3,4)50(66)54(70)62-29-16-13-22-42(62)55(71)76-44(26-24-39-25-27-45(72-8)46(31-39)73-9)40-20-17-21-41(32-40)74-34-48(64)60(6)33-47(63)57-37(2)53(69)61(7)43(51(67)58-36)30-38-18-11-10-12-19-38/h10-12,14,17-21,23,25,27,31-32,36-37,42-44H,13,15-16,22,24,26,28-30,33-35H2,1-9H3,(H,57,63)(H,58,67)/t36-,37+,42-,43-,44+/m0/s1. The van der Waals surface area contributed by atoms with E-state index in [1.165, 1.54) is 83.8 Å². The summed E-state index contributed by atoms with van der Waals surface area (Å²) in [6, 6.07) is 16.7. The molecule has 76 heavy (non-hydrogen) atoms. The van der Waals surface area contributed by atoms with Crippen LogP contribution in [-0.2, 0) is 65.5 Å². The van der Waals surface area contributed by atoms with Crippen LogP contribution in [0.1, 0.15) is 82.6 Å². The van der Waals surface area contributed by atoms with Gasteiger partial charge in [0.05, 0.1) is 26.2 Å². The minimum atomic E-state index is -1.48. The molecule has 20 nitrogen and oxygen atoms in total. The third-order valence-electron chi connectivity index (χ3n) is 13.3. The number of hydrogen-bond acceptors (Lipinski definition) is 14. The number of carbonyl (C=O) groups is 9. The third kappa shape index (κ3) is 16.4. The Morgan fingerprint density at radius 2 is 1.45 bits per heavy atom. The molecule has 0 radical (unpaired) electrons. The zero-order chi connectivity index (χ0) is 55.7. The number of hydrogen-bond donors (Lipinski definition) is 2. The van der Waals surface area contributed by atoms with E-state index >= 15 is 0 Å². The number of nitrogens with zero attached hydrogens (tertiary/aromatic N) is 4. The van der Waals surface area contributed by atoms with Gasteiger partial charge in [-0.3, -0.25) is 33.6 Å². The highest BCUT2D eigenvalue weighted by molar-refractivity contribution is 6.38. The lowest BCUT2D eigenvalue weighted by atomic mass is 9.87. The number of aryl methyl sites for hydroxylation is 1. The fourth-order valence-corrected chi connectivity index (χ4v) is 8.73. The Morgan fingerprint density at radius 1 is 0.737 bits per heavy atom. The minimum absolute atomic E-state index is 0.0824. The lowest BCUT2D eigenvalue weighted by Crippen LogP contribution is -2.57. The maximum Gasteiger partial charge on any atom is 0.330 e. The number of nitrogens with one attached hydrogen (secondary N) is 2. The average Bonchev–Trinajstić information content (AvgIpc) is 3.41. The van der Waals surface area contributed by atoms with E-state index in [0.717, 1.165) is 22.1 Å². The first kappa shape index (κ1) is 59.1. The zero-order valence-electron chi connectivity index (χ0n) is 45.0. The molecule has 20 heteroatoms. The number of carbonyl (C=O) groups excluding carboxylic acids is 9. The van der Waals surface area contributed by atoms with Gasteiger partial charge in [0.15, 0.2) is 18.1 Å². The Bertz CT molecular complexity index is 2600. The summed E-state index contributed by atoms with van der Waals surface area (Å²) in [5, 5.41) is 5.34. The van der Waals surface area contributed by atoms with Crippen LogP contribution in [-0.4, -0.2) is 165 Å². The molecule has 410 valence electrons. The highest BCUT2D eigenvalue weighted by Gasteiger charge is 2.43. The number of cyclic esters (lactones) is 2. The summed E-state index contributed by atoms with van der Waals surface area (Å²) < 4.78 is 28.5. The first-order valence-corrected chi connectivity index (χ1v) is 25.4. The van der Waals surface area contributed by atoms with Crippen molar-refractivity contribution >= 4 is 53.2 Å². The van der Waals surface area contributed by atoms with E-state index in [1.807, 2.05) is 18.2 Å². The van der Waals surface area contributed by atoms with Crippen molar-refractivity contribution in [2.75, 3.05) is 68.2 Å². The van der Waals surface area contributed by atoms with E-state index in [2.05, 4.69) is 10.6 Å². The van der Waals surface area contributed by atoms with Crippen LogP contribution in [0.5, 0.6) is 17.2 Å². The number of amides is 6. The van der Waals surface area contributed by atoms with Gasteiger partial charge >= 0.3 is 11.9 Å². The van der Waals surface area contributed by atoms with Crippen LogP contribution in [0.3, 0.4) is 0 Å². The molecule has 1 saturated heterocycles. The van der Waals surface area contributed by atoms with Gasteiger partial charge in [-0.15, -0.1) is 0 Å². The molecule has 5 rings (SSSR count). The van der Waals surface area contributed by atoms with Gasteiger partial charge in [0, 0.05) is 46.7 Å². The molecule has 6 amide bonds. The van der Waals surface area contributed by atoms with Crippen molar-refractivity contribution in [1.29, 1.82) is 0 Å². The molecule has 3 aromatic carbocycles. The van der Waals surface area contributed by atoms with Gasteiger partial charge in [0.25, 0.3) is 11.8 Å². The summed E-state index contributed by atoms with van der Waals surface area (Å²) >= 11 is 0. The van der Waals surface area contributed by atoms with Crippen LogP contribution in [0.25, 0.3) is 0 Å². The van der Waals surface area contributed by atoms with Crippen LogP contribution < -0.4 is 24.8 Å². The summed E-state index contributed by atoms with van der Waals surface area (Å²) in [7, 11) is 7.41. The van der Waals surface area contributed by atoms with Gasteiger partial charge in [-0.1, -0.05) is 54.6 Å². The van der Waals surface area contributed by atoms with Crippen molar-refractivity contribution in [2.45, 2.75) is 103 Å². The highest BCUT2D eigenvalue weighted by atomic mass is 16.5. The number of rotatable bonds is 7. The second kappa shape index (κ2) is 27.7. The van der Waals surface area contributed by atoms with Gasteiger partial charge in [-0.2, -0.15) is 0 Å². The zero-order valence-corrected chi connectivity index (χ0v) is 45.0. The van der Waals surface area contributed by atoms with E-state index in [0.29, 0.717) is 36.3 Å². The Hall–Kier alpha value is -7.77. The predicted molar refractivity (Wildman–Crippen MR) is 279 cm³/mol. The van der Waals surface area contributed by atoms with Crippen molar-refractivity contribution in [3.05, 3.63) is 102 Å². The summed E-state index contributed by atoms with van der Waals surface area (Å²) in [4.78, 5) is 128. The van der Waals surface area contributed by atoms with Crippen LogP contribution in [0, 0.1) is 5.41 Å². The molecule has 2 N–H and O–H groups in total. The van der Waals surface area contributed by atoms with Crippen molar-refractivity contribution in [3.63, 3.8) is 0 Å². The van der Waals surface area contributed by atoms with E-state index in [9.17, 15) is 43.2 Å². The van der Waals surface area contributed by atoms with E-state index < -0.39 is 109 Å². The summed E-state index contributed by atoms with van der Waals surface area (Å²) in [6.07, 6.45) is 4.01. The number of piperidine rings is 1. The normalized spacial score (nSPS) is 22.8. The number of methoxy groups -OCH3 is 2. The summed E-state index contributed by atoms with van der Waals surface area (Å²) in [5.74, 6) is -4.93. The van der Waals surface area contributed by atoms with Gasteiger partial charge in [-0.25, -0.2) is 9.59 Å². The molecule has 2 heterocycles. The molecule has 1 fully saturated rings. The first-order valence-electron chi connectivity index (χ1n) is 25.4. The topological polar surface area (TPSA) is 237 Å². The third-order valence-corrected chi connectivity index (χ3v) is 13.3. The number of likely N-dealkylation sites (N-methyl/N-ethyl adjacent to an activating group) is 3.